The van der Waals surface area contributed by atoms with Gasteiger partial charge in [0.1, 0.15) is 17.8 Å². The molecule has 96 valence electrons. The highest BCUT2D eigenvalue weighted by atomic mass is 35.5. The number of rotatable bonds is 5. The minimum atomic E-state index is 0.282. The highest BCUT2D eigenvalue weighted by Gasteiger charge is 2.11. The molecule has 18 heavy (non-hydrogen) atoms. The van der Waals surface area contributed by atoms with Gasteiger partial charge in [-0.2, -0.15) is 0 Å². The van der Waals surface area contributed by atoms with Crippen molar-refractivity contribution in [1.29, 1.82) is 0 Å². The van der Waals surface area contributed by atoms with Crippen molar-refractivity contribution in [3.05, 3.63) is 29.8 Å². The van der Waals surface area contributed by atoms with Gasteiger partial charge in [-0.1, -0.05) is 0 Å². The van der Waals surface area contributed by atoms with Crippen LogP contribution in [-0.4, -0.2) is 28.0 Å². The summed E-state index contributed by atoms with van der Waals surface area (Å²) in [6.45, 7) is 5.03. The van der Waals surface area contributed by atoms with Crippen LogP contribution < -0.4 is 9.47 Å². The number of halogens is 1. The van der Waals surface area contributed by atoms with Crippen LogP contribution in [0.1, 0.15) is 13.8 Å². The third-order valence-corrected chi connectivity index (χ3v) is 2.56. The van der Waals surface area contributed by atoms with Crippen molar-refractivity contribution in [3.8, 4) is 17.2 Å². The number of nitrogens with zero attached hydrogens (tertiary/aromatic N) is 3. The monoisotopic (exact) mass is 267 g/mol. The zero-order valence-electron chi connectivity index (χ0n) is 10.3. The second-order valence-corrected chi connectivity index (χ2v) is 3.80. The largest absolute Gasteiger partial charge is 0.494 e. The molecule has 5 nitrogen and oxygen atoms in total. The first-order valence-corrected chi connectivity index (χ1v) is 6.09. The van der Waals surface area contributed by atoms with Crippen LogP contribution in [0, 0.1) is 0 Å². The molecule has 0 unspecified atom stereocenters. The predicted molar refractivity (Wildman–Crippen MR) is 68.7 cm³/mol. The summed E-state index contributed by atoms with van der Waals surface area (Å²) in [5.74, 6) is 1.46. The third-order valence-electron chi connectivity index (χ3n) is 2.31. The Bertz CT molecular complexity index is 528. The first-order valence-electron chi connectivity index (χ1n) is 5.71. The maximum atomic E-state index is 5.97. The van der Waals surface area contributed by atoms with E-state index in [1.807, 2.05) is 32.0 Å². The smallest absolute Gasteiger partial charge is 0.229 e. The van der Waals surface area contributed by atoms with Crippen molar-refractivity contribution in [3.63, 3.8) is 0 Å². The van der Waals surface area contributed by atoms with E-state index in [2.05, 4.69) is 10.2 Å². The minimum absolute atomic E-state index is 0.282. The van der Waals surface area contributed by atoms with Crippen molar-refractivity contribution >= 4 is 11.6 Å². The molecule has 0 radical (unpaired) electrons. The van der Waals surface area contributed by atoms with E-state index < -0.39 is 0 Å². The summed E-state index contributed by atoms with van der Waals surface area (Å²) in [4.78, 5) is 0. The highest BCUT2D eigenvalue weighted by molar-refractivity contribution is 6.28. The lowest BCUT2D eigenvalue weighted by atomic mass is 10.2. The second-order valence-electron chi connectivity index (χ2n) is 3.47. The van der Waals surface area contributed by atoms with Crippen LogP contribution in [0.25, 0.3) is 5.69 Å². The van der Waals surface area contributed by atoms with Crippen LogP contribution in [0.3, 0.4) is 0 Å². The van der Waals surface area contributed by atoms with E-state index in [9.17, 15) is 0 Å². The summed E-state index contributed by atoms with van der Waals surface area (Å²) in [7, 11) is 0. The van der Waals surface area contributed by atoms with Gasteiger partial charge < -0.3 is 9.47 Å². The molecule has 1 heterocycles. The molecule has 1 aromatic carbocycles. The fourth-order valence-electron chi connectivity index (χ4n) is 1.60. The van der Waals surface area contributed by atoms with Crippen molar-refractivity contribution in [2.75, 3.05) is 13.2 Å². The van der Waals surface area contributed by atoms with E-state index in [1.54, 1.807) is 4.57 Å². The van der Waals surface area contributed by atoms with Gasteiger partial charge in [-0.15, -0.1) is 10.2 Å². The molecule has 0 aliphatic heterocycles. The van der Waals surface area contributed by atoms with E-state index in [0.29, 0.717) is 19.0 Å². The van der Waals surface area contributed by atoms with Crippen LogP contribution in [-0.2, 0) is 0 Å². The molecule has 0 amide bonds. The fourth-order valence-corrected chi connectivity index (χ4v) is 1.78. The molecule has 0 atom stereocenters. The van der Waals surface area contributed by atoms with Gasteiger partial charge in [0.15, 0.2) is 0 Å². The first kappa shape index (κ1) is 12.7. The van der Waals surface area contributed by atoms with Crippen LogP contribution in [0.5, 0.6) is 11.5 Å². The van der Waals surface area contributed by atoms with E-state index in [-0.39, 0.29) is 5.28 Å². The predicted octanol–water partition coefficient (Wildman–Crippen LogP) is 2.72. The number of hydrogen-bond acceptors (Lipinski definition) is 4. The van der Waals surface area contributed by atoms with Gasteiger partial charge in [-0.05, 0) is 37.6 Å². The molecule has 0 spiro atoms. The quantitative estimate of drug-likeness (QED) is 0.836. The molecule has 0 aliphatic carbocycles. The Morgan fingerprint density at radius 3 is 2.61 bits per heavy atom. The van der Waals surface area contributed by atoms with Gasteiger partial charge in [-0.3, -0.25) is 4.57 Å². The standard InChI is InChI=1S/C12H14ClN3O2/c1-3-17-9-5-6-11(18-4-2)10(7-9)16-8-14-15-12(16)13/h5-8H,3-4H2,1-2H3. The van der Waals surface area contributed by atoms with Crippen LogP contribution in [0.4, 0.5) is 0 Å². The number of aromatic nitrogens is 3. The van der Waals surface area contributed by atoms with E-state index in [1.165, 1.54) is 6.33 Å². The molecule has 0 N–H and O–H groups in total. The number of hydrogen-bond donors (Lipinski definition) is 0. The van der Waals surface area contributed by atoms with Crippen molar-refractivity contribution in [2.24, 2.45) is 0 Å². The van der Waals surface area contributed by atoms with Crippen molar-refractivity contribution < 1.29 is 9.47 Å². The van der Waals surface area contributed by atoms with E-state index >= 15 is 0 Å². The third kappa shape index (κ3) is 2.56. The molecule has 0 aliphatic rings. The van der Waals surface area contributed by atoms with E-state index in [0.717, 1.165) is 11.4 Å². The summed E-state index contributed by atoms with van der Waals surface area (Å²) in [6.07, 6.45) is 1.54. The average molecular weight is 268 g/mol. The van der Waals surface area contributed by atoms with Gasteiger partial charge in [0, 0.05) is 6.07 Å². The highest BCUT2D eigenvalue weighted by Crippen LogP contribution is 2.29. The normalized spacial score (nSPS) is 10.4. The summed E-state index contributed by atoms with van der Waals surface area (Å²) in [5.41, 5.74) is 0.762. The molecule has 0 bridgehead atoms. The Hall–Kier alpha value is -1.75. The van der Waals surface area contributed by atoms with Crippen LogP contribution >= 0.6 is 11.6 Å². The molecule has 0 saturated carbocycles. The molecule has 0 fully saturated rings. The van der Waals surface area contributed by atoms with Gasteiger partial charge in [0.05, 0.1) is 18.9 Å². The summed E-state index contributed by atoms with van der Waals surface area (Å²) in [6, 6.07) is 5.56. The van der Waals surface area contributed by atoms with Gasteiger partial charge in [0.25, 0.3) is 0 Å². The van der Waals surface area contributed by atoms with Crippen molar-refractivity contribution in [2.45, 2.75) is 13.8 Å². The number of ether oxygens (including phenoxy) is 2. The minimum Gasteiger partial charge on any atom is -0.494 e. The Balaban J connectivity index is 2.47. The zero-order chi connectivity index (χ0) is 13.0. The molecule has 6 heteroatoms. The maximum Gasteiger partial charge on any atom is 0.229 e. The molecule has 2 aromatic rings. The molecule has 2 rings (SSSR count). The average Bonchev–Trinajstić information content (AvgIpc) is 2.78. The SMILES string of the molecule is CCOc1ccc(OCC)c(-n2cnnc2Cl)c1. The Morgan fingerprint density at radius 1 is 1.22 bits per heavy atom. The van der Waals surface area contributed by atoms with Gasteiger partial charge in [-0.25, -0.2) is 0 Å². The van der Waals surface area contributed by atoms with Crippen molar-refractivity contribution in [1.82, 2.24) is 14.8 Å². The topological polar surface area (TPSA) is 49.2 Å². The Labute approximate surface area is 110 Å². The summed E-state index contributed by atoms with van der Waals surface area (Å²) >= 11 is 5.97. The van der Waals surface area contributed by atoms with Gasteiger partial charge in [0.2, 0.25) is 5.28 Å². The first-order chi connectivity index (χ1) is 8.76. The maximum absolute atomic E-state index is 5.97. The van der Waals surface area contributed by atoms with Crippen LogP contribution in [0.2, 0.25) is 5.28 Å². The fraction of sp³-hybridized carbons (Fsp3) is 0.333. The second kappa shape index (κ2) is 5.73. The van der Waals surface area contributed by atoms with Gasteiger partial charge >= 0.3 is 0 Å². The lowest BCUT2D eigenvalue weighted by Crippen LogP contribution is -2.01. The summed E-state index contributed by atoms with van der Waals surface area (Å²) < 4.78 is 12.7. The lowest BCUT2D eigenvalue weighted by molar-refractivity contribution is 0.329. The molecule has 1 aromatic heterocycles. The summed E-state index contributed by atoms with van der Waals surface area (Å²) in [5, 5.41) is 7.79. The zero-order valence-corrected chi connectivity index (χ0v) is 11.0. The molecular weight excluding hydrogens is 254 g/mol. The lowest BCUT2D eigenvalue weighted by Gasteiger charge is -2.13. The number of benzene rings is 1. The molecular formula is C12H14ClN3O2. The molecule has 0 saturated heterocycles. The Kier molecular flexibility index (Phi) is 4.04. The van der Waals surface area contributed by atoms with Crippen LogP contribution in [0.15, 0.2) is 24.5 Å². The van der Waals surface area contributed by atoms with E-state index in [4.69, 9.17) is 21.1 Å². The Morgan fingerprint density at radius 2 is 2.00 bits per heavy atom.